The lowest BCUT2D eigenvalue weighted by molar-refractivity contribution is -0.138. The van der Waals surface area contributed by atoms with Crippen molar-refractivity contribution in [1.29, 1.82) is 0 Å². The van der Waals surface area contributed by atoms with Gasteiger partial charge in [-0.15, -0.1) is 0 Å². The molecule has 0 saturated carbocycles. The van der Waals surface area contributed by atoms with Gasteiger partial charge in [-0.3, -0.25) is 4.79 Å². The Balaban J connectivity index is 2.50. The number of hydrogen-bond acceptors (Lipinski definition) is 2. The van der Waals surface area contributed by atoms with Crippen LogP contribution in [0.15, 0.2) is 12.5 Å². The minimum atomic E-state index is -1.12. The summed E-state index contributed by atoms with van der Waals surface area (Å²) in [5.41, 5.74) is 7.65. The highest BCUT2D eigenvalue weighted by Crippen LogP contribution is 1.96. The van der Waals surface area contributed by atoms with Crippen LogP contribution in [0, 0.1) is 0 Å². The number of aromatic nitrogens is 2. The highest BCUT2D eigenvalue weighted by molar-refractivity contribution is 5.73. The van der Waals surface area contributed by atoms with Crippen LogP contribution in [0.3, 0.4) is 0 Å². The summed E-state index contributed by atoms with van der Waals surface area (Å²) >= 11 is 0. The van der Waals surface area contributed by atoms with Crippen molar-refractivity contribution in [3.05, 3.63) is 18.2 Å². The monoisotopic (exact) mass is 154 g/mol. The molecule has 1 rings (SSSR count). The molecule has 0 unspecified atom stereocenters. The predicted molar refractivity (Wildman–Crippen MR) is 36.8 cm³/mol. The molecule has 0 aliphatic rings. The summed E-state index contributed by atoms with van der Waals surface area (Å²) in [5, 5.41) is 8.36. The average molecular weight is 154 g/mol. The highest BCUT2D eigenvalue weighted by atomic mass is 16.4. The third kappa shape index (κ3) is 2.05. The van der Waals surface area contributed by atoms with Crippen molar-refractivity contribution in [1.82, 2.24) is 15.7 Å². The van der Waals surface area contributed by atoms with Gasteiger partial charge in [-0.2, -0.15) is 0 Å². The number of hydrogen-bond donors (Lipinski definition) is 2. The maximum Gasteiger partial charge on any atom is 0.322 e. The van der Waals surface area contributed by atoms with Crippen LogP contribution in [0.25, 0.3) is 0 Å². The Labute approximate surface area is 63.3 Å². The second-order valence-electron chi connectivity index (χ2n) is 2.16. The first kappa shape index (κ1) is 7.74. The number of nitrogens with one attached hydrogen (secondary N) is 2. The first-order chi connectivity index (χ1) is 5.20. The fraction of sp³-hybridized carbons (Fsp3) is 0.333. The number of H-pyrrole nitrogens is 1. The van der Waals surface area contributed by atoms with E-state index >= 15 is 0 Å². The summed E-state index contributed by atoms with van der Waals surface area (Å²) in [6.45, 7) is 0. The third-order valence-electron chi connectivity index (χ3n) is 1.27. The number of carboxylic acids is 1. The largest absolute Gasteiger partial charge is 0.480 e. The molecule has 5 nitrogen and oxygen atoms in total. The van der Waals surface area contributed by atoms with Crippen LogP contribution in [-0.4, -0.2) is 27.1 Å². The Morgan fingerprint density at radius 2 is 2.64 bits per heavy atom. The van der Waals surface area contributed by atoms with E-state index in [1.165, 1.54) is 6.33 Å². The van der Waals surface area contributed by atoms with E-state index in [-0.39, 0.29) is 6.42 Å². The molecule has 0 aliphatic heterocycles. The Bertz CT molecular complexity index is 232. The summed E-state index contributed by atoms with van der Waals surface area (Å²) in [6, 6.07) is -1.11. The number of aromatic amines is 1. The van der Waals surface area contributed by atoms with Gasteiger partial charge in [0.1, 0.15) is 6.04 Å². The smallest absolute Gasteiger partial charge is 0.322 e. The van der Waals surface area contributed by atoms with E-state index in [2.05, 4.69) is 9.97 Å². The predicted octanol–water partition coefficient (Wildman–Crippen LogP) is -0.312. The molecule has 0 spiro atoms. The molecule has 0 bridgehead atoms. The van der Waals surface area contributed by atoms with Crippen LogP contribution >= 0.6 is 0 Å². The maximum atomic E-state index is 10.2. The Kier molecular flexibility index (Phi) is 2.22. The molecule has 0 aromatic carbocycles. The summed E-state index contributed by atoms with van der Waals surface area (Å²) in [4.78, 5) is 16.7. The molecule has 0 fully saturated rings. The number of carboxylic acid groups (broad SMARTS) is 1. The molecule has 59 valence electrons. The van der Waals surface area contributed by atoms with Crippen molar-refractivity contribution in [2.45, 2.75) is 12.5 Å². The summed E-state index contributed by atoms with van der Waals surface area (Å²) in [7, 11) is 0. The molecule has 11 heavy (non-hydrogen) atoms. The van der Waals surface area contributed by atoms with Gasteiger partial charge in [0, 0.05) is 12.6 Å². The van der Waals surface area contributed by atoms with E-state index in [0.29, 0.717) is 5.69 Å². The molecule has 5 heteroatoms. The minimum absolute atomic E-state index is 0.152. The first-order valence-corrected chi connectivity index (χ1v) is 3.11. The molecule has 3 N–H and O–H groups in total. The molecule has 1 atom stereocenters. The molecule has 0 saturated heterocycles. The van der Waals surface area contributed by atoms with Crippen molar-refractivity contribution in [3.8, 4) is 0 Å². The fourth-order valence-electron chi connectivity index (χ4n) is 0.699. The summed E-state index contributed by atoms with van der Waals surface area (Å²) < 4.78 is 0. The van der Waals surface area contributed by atoms with Crippen molar-refractivity contribution in [2.24, 2.45) is 0 Å². The molecule has 1 heterocycles. The zero-order valence-electron chi connectivity index (χ0n) is 5.74. The molecule has 1 aromatic heterocycles. The minimum Gasteiger partial charge on any atom is -0.480 e. The van der Waals surface area contributed by atoms with Crippen molar-refractivity contribution in [3.63, 3.8) is 0 Å². The molecule has 0 amide bonds. The molecule has 1 aromatic rings. The quantitative estimate of drug-likeness (QED) is 0.625. The van der Waals surface area contributed by atoms with Gasteiger partial charge in [0.2, 0.25) is 0 Å². The van der Waals surface area contributed by atoms with E-state index in [1.807, 2.05) is 0 Å². The summed E-state index contributed by atoms with van der Waals surface area (Å²) in [5.74, 6) is -1.12. The second kappa shape index (κ2) is 3.16. The summed E-state index contributed by atoms with van der Waals surface area (Å²) in [6.07, 6.45) is 3.20. The fourth-order valence-corrected chi connectivity index (χ4v) is 0.699. The van der Waals surface area contributed by atoms with Gasteiger partial charge in [0.15, 0.2) is 0 Å². The third-order valence-corrected chi connectivity index (χ3v) is 1.27. The highest BCUT2D eigenvalue weighted by Gasteiger charge is 2.13. The van der Waals surface area contributed by atoms with Crippen LogP contribution < -0.4 is 5.73 Å². The van der Waals surface area contributed by atoms with Gasteiger partial charge < -0.3 is 10.1 Å². The number of aliphatic carboxylic acids is 1. The second-order valence-corrected chi connectivity index (χ2v) is 2.16. The Morgan fingerprint density at radius 3 is 3.09 bits per heavy atom. The lowest BCUT2D eigenvalue weighted by Crippen LogP contribution is -2.23. The van der Waals surface area contributed by atoms with E-state index in [4.69, 9.17) is 10.8 Å². The van der Waals surface area contributed by atoms with E-state index in [0.717, 1.165) is 0 Å². The number of carbonyl (C=O) groups is 1. The van der Waals surface area contributed by atoms with Gasteiger partial charge >= 0.3 is 5.97 Å². The Morgan fingerprint density at radius 1 is 1.91 bits per heavy atom. The number of rotatable bonds is 3. The normalized spacial score (nSPS) is 12.8. The van der Waals surface area contributed by atoms with Crippen LogP contribution in [-0.2, 0) is 11.2 Å². The Hall–Kier alpha value is -1.36. The average Bonchev–Trinajstić information content (AvgIpc) is 2.39. The van der Waals surface area contributed by atoms with Gasteiger partial charge in [-0.1, -0.05) is 0 Å². The van der Waals surface area contributed by atoms with Crippen LogP contribution in [0.2, 0.25) is 0 Å². The van der Waals surface area contributed by atoms with E-state index in [9.17, 15) is 4.79 Å². The standard InChI is InChI=1S/C6H8N3O2/c7-5(6(10)11)1-4-2-8-3-9-4/h2-3,5,7H,1H2,(H,8,9)(H,10,11)/t5-/m0/s1. The van der Waals surface area contributed by atoms with Crippen LogP contribution in [0.1, 0.15) is 5.69 Å². The molecular weight excluding hydrogens is 146 g/mol. The van der Waals surface area contributed by atoms with E-state index in [1.54, 1.807) is 6.20 Å². The van der Waals surface area contributed by atoms with Crippen molar-refractivity contribution in [2.75, 3.05) is 0 Å². The number of nitrogens with zero attached hydrogens (tertiary/aromatic N) is 1. The van der Waals surface area contributed by atoms with Gasteiger partial charge in [0.25, 0.3) is 0 Å². The zero-order chi connectivity index (χ0) is 8.27. The van der Waals surface area contributed by atoms with Gasteiger partial charge in [0.05, 0.1) is 12.0 Å². The molecular formula is C6H8N3O2. The van der Waals surface area contributed by atoms with Crippen molar-refractivity contribution < 1.29 is 9.90 Å². The van der Waals surface area contributed by atoms with Gasteiger partial charge in [-0.05, 0) is 0 Å². The lowest BCUT2D eigenvalue weighted by Gasteiger charge is -2.00. The molecule has 1 radical (unpaired) electrons. The number of imidazole rings is 1. The SMILES string of the molecule is [NH][C@@H](Cc1c[nH]cn1)C(=O)O. The van der Waals surface area contributed by atoms with Crippen LogP contribution in [0.4, 0.5) is 0 Å². The molecule has 0 aliphatic carbocycles. The van der Waals surface area contributed by atoms with Crippen LogP contribution in [0.5, 0.6) is 0 Å². The van der Waals surface area contributed by atoms with E-state index < -0.39 is 12.0 Å². The van der Waals surface area contributed by atoms with Gasteiger partial charge in [-0.25, -0.2) is 10.7 Å². The first-order valence-electron chi connectivity index (χ1n) is 3.11. The topological polar surface area (TPSA) is 89.8 Å². The lowest BCUT2D eigenvalue weighted by atomic mass is 10.2. The maximum absolute atomic E-state index is 10.2. The van der Waals surface area contributed by atoms with Crippen molar-refractivity contribution >= 4 is 5.97 Å². The zero-order valence-corrected chi connectivity index (χ0v) is 5.74.